The maximum Gasteiger partial charge on any atom is 0.324 e. The van der Waals surface area contributed by atoms with Gasteiger partial charge in [0, 0.05) is 12.4 Å². The lowest BCUT2D eigenvalue weighted by Crippen LogP contribution is -2.33. The summed E-state index contributed by atoms with van der Waals surface area (Å²) in [4.78, 5) is 13.7. The minimum atomic E-state index is -0.250. The van der Waals surface area contributed by atoms with Crippen molar-refractivity contribution in [2.45, 2.75) is 13.0 Å². The predicted molar refractivity (Wildman–Crippen MR) is 81.3 cm³/mol. The largest absolute Gasteiger partial charge is 0.459 e. The van der Waals surface area contributed by atoms with Crippen molar-refractivity contribution < 1.29 is 9.21 Å². The molecule has 3 aromatic rings. The van der Waals surface area contributed by atoms with Crippen molar-refractivity contribution >= 4 is 33.5 Å². The quantitative estimate of drug-likeness (QED) is 0.803. The molecule has 2 aromatic heterocycles. The van der Waals surface area contributed by atoms with E-state index in [2.05, 4.69) is 15.5 Å². The summed E-state index contributed by atoms with van der Waals surface area (Å²) in [7, 11) is 1.72. The number of hydrogen-bond acceptors (Lipinski definition) is 5. The summed E-state index contributed by atoms with van der Waals surface area (Å²) < 4.78 is 5.79. The molecule has 0 unspecified atom stereocenters. The van der Waals surface area contributed by atoms with Crippen molar-refractivity contribution in [3.8, 4) is 0 Å². The van der Waals surface area contributed by atoms with Gasteiger partial charge in [0.2, 0.25) is 5.13 Å². The van der Waals surface area contributed by atoms with Gasteiger partial charge in [-0.1, -0.05) is 29.5 Å². The van der Waals surface area contributed by atoms with Crippen LogP contribution in [-0.4, -0.2) is 28.2 Å². The Labute approximate surface area is 125 Å². The summed E-state index contributed by atoms with van der Waals surface area (Å²) in [5.74, 6) is 0.742. The molecule has 0 bridgehead atoms. The van der Waals surface area contributed by atoms with Gasteiger partial charge in [0.15, 0.2) is 0 Å². The van der Waals surface area contributed by atoms with Gasteiger partial charge >= 0.3 is 6.03 Å². The number of amides is 2. The molecule has 0 aliphatic rings. The molecule has 2 amide bonds. The van der Waals surface area contributed by atoms with Gasteiger partial charge in [0.1, 0.15) is 16.9 Å². The molecule has 1 atom stereocenters. The molecule has 2 heterocycles. The van der Waals surface area contributed by atoms with Crippen LogP contribution in [0.4, 0.5) is 9.93 Å². The maximum atomic E-state index is 12.2. The zero-order valence-corrected chi connectivity index (χ0v) is 12.4. The van der Waals surface area contributed by atoms with E-state index in [0.29, 0.717) is 5.13 Å². The van der Waals surface area contributed by atoms with Gasteiger partial charge in [-0.2, -0.15) is 0 Å². The highest BCUT2D eigenvalue weighted by Gasteiger charge is 2.21. The number of aromatic nitrogens is 2. The van der Waals surface area contributed by atoms with Gasteiger partial charge in [-0.3, -0.25) is 5.32 Å². The normalized spacial score (nSPS) is 12.3. The van der Waals surface area contributed by atoms with Gasteiger partial charge in [0.25, 0.3) is 0 Å². The fourth-order valence-electron chi connectivity index (χ4n) is 1.98. The zero-order valence-electron chi connectivity index (χ0n) is 11.6. The monoisotopic (exact) mass is 302 g/mol. The third-order valence-corrected chi connectivity index (χ3v) is 3.94. The number of rotatable bonds is 3. The molecule has 0 spiro atoms. The predicted octanol–water partition coefficient (Wildman–Crippen LogP) is 3.51. The van der Waals surface area contributed by atoms with Crippen molar-refractivity contribution in [1.29, 1.82) is 0 Å². The molecule has 1 aromatic carbocycles. The second-order valence-corrected chi connectivity index (χ2v) is 5.48. The van der Waals surface area contributed by atoms with E-state index >= 15 is 0 Å². The Morgan fingerprint density at radius 2 is 2.24 bits per heavy atom. The van der Waals surface area contributed by atoms with Crippen molar-refractivity contribution in [3.05, 3.63) is 41.6 Å². The summed E-state index contributed by atoms with van der Waals surface area (Å²) in [6.45, 7) is 1.91. The van der Waals surface area contributed by atoms with Crippen molar-refractivity contribution in [2.24, 2.45) is 0 Å². The molecule has 108 valence electrons. The first kappa shape index (κ1) is 13.6. The fraction of sp³-hybridized carbons (Fsp3) is 0.214. The highest BCUT2D eigenvalue weighted by molar-refractivity contribution is 7.13. The average molecular weight is 302 g/mol. The number of nitrogens with zero attached hydrogens (tertiary/aromatic N) is 3. The fourth-order valence-corrected chi connectivity index (χ4v) is 2.42. The van der Waals surface area contributed by atoms with Gasteiger partial charge in [-0.15, -0.1) is 10.2 Å². The molecule has 0 aliphatic heterocycles. The number of carbonyl (C=O) groups excluding carboxylic acids is 1. The number of hydrogen-bond donors (Lipinski definition) is 1. The first-order valence-electron chi connectivity index (χ1n) is 6.43. The molecule has 0 fully saturated rings. The van der Waals surface area contributed by atoms with Crippen LogP contribution in [0.15, 0.2) is 40.3 Å². The minimum absolute atomic E-state index is 0.190. The second-order valence-electron chi connectivity index (χ2n) is 4.65. The van der Waals surface area contributed by atoms with Crippen LogP contribution < -0.4 is 5.32 Å². The third-order valence-electron chi connectivity index (χ3n) is 3.33. The molecule has 3 rings (SSSR count). The molecule has 0 saturated carbocycles. The zero-order chi connectivity index (χ0) is 14.8. The molecule has 0 saturated heterocycles. The first-order valence-corrected chi connectivity index (χ1v) is 7.31. The average Bonchev–Trinajstić information content (AvgIpc) is 3.14. The number of carbonyl (C=O) groups is 1. The molecular formula is C14H14N4O2S. The van der Waals surface area contributed by atoms with Gasteiger partial charge in [-0.25, -0.2) is 4.79 Å². The highest BCUT2D eigenvalue weighted by Crippen LogP contribution is 2.27. The van der Waals surface area contributed by atoms with Crippen LogP contribution >= 0.6 is 11.3 Å². The van der Waals surface area contributed by atoms with Crippen molar-refractivity contribution in [3.63, 3.8) is 0 Å². The molecule has 1 N–H and O–H groups in total. The smallest absolute Gasteiger partial charge is 0.324 e. The Kier molecular flexibility index (Phi) is 3.57. The molecule has 0 radical (unpaired) electrons. The van der Waals surface area contributed by atoms with Crippen LogP contribution in [0.1, 0.15) is 18.7 Å². The number of anilines is 1. The number of para-hydroxylation sites is 1. The second kappa shape index (κ2) is 5.53. The first-order chi connectivity index (χ1) is 10.1. The molecule has 7 heteroatoms. The highest BCUT2D eigenvalue weighted by atomic mass is 32.1. The lowest BCUT2D eigenvalue weighted by molar-refractivity contribution is 0.201. The Morgan fingerprint density at radius 1 is 1.43 bits per heavy atom. The van der Waals surface area contributed by atoms with E-state index in [9.17, 15) is 4.79 Å². The van der Waals surface area contributed by atoms with Crippen LogP contribution in [-0.2, 0) is 0 Å². The van der Waals surface area contributed by atoms with Gasteiger partial charge < -0.3 is 9.32 Å². The number of urea groups is 1. The van der Waals surface area contributed by atoms with Crippen LogP contribution in [0.3, 0.4) is 0 Å². The SMILES string of the molecule is C[C@@H](c1cc2ccccc2o1)N(C)C(=O)Nc1nncs1. The van der Waals surface area contributed by atoms with Gasteiger partial charge in [-0.05, 0) is 19.1 Å². The number of benzene rings is 1. The third kappa shape index (κ3) is 2.73. The Morgan fingerprint density at radius 3 is 2.95 bits per heavy atom. The summed E-state index contributed by atoms with van der Waals surface area (Å²) in [5, 5.41) is 11.7. The van der Waals surface area contributed by atoms with E-state index in [1.807, 2.05) is 37.3 Å². The van der Waals surface area contributed by atoms with Crippen LogP contribution in [0.25, 0.3) is 11.0 Å². The number of nitrogens with one attached hydrogen (secondary N) is 1. The van der Waals surface area contributed by atoms with E-state index in [1.165, 1.54) is 11.3 Å². The number of furan rings is 1. The maximum absolute atomic E-state index is 12.2. The lowest BCUT2D eigenvalue weighted by atomic mass is 10.2. The summed E-state index contributed by atoms with van der Waals surface area (Å²) in [6.07, 6.45) is 0. The summed E-state index contributed by atoms with van der Waals surface area (Å²) >= 11 is 1.28. The lowest BCUT2D eigenvalue weighted by Gasteiger charge is -2.22. The standard InChI is InChI=1S/C14H14N4O2S/c1-9(12-7-10-5-3-4-6-11(10)20-12)18(2)14(19)16-13-17-15-8-21-13/h3-9H,1-2H3,(H,16,17,19)/t9-/m0/s1. The van der Waals surface area contributed by atoms with E-state index in [4.69, 9.17) is 4.42 Å². The van der Waals surface area contributed by atoms with Crippen molar-refractivity contribution in [1.82, 2.24) is 15.1 Å². The number of fused-ring (bicyclic) bond motifs is 1. The van der Waals surface area contributed by atoms with Crippen LogP contribution in [0.5, 0.6) is 0 Å². The summed E-state index contributed by atoms with van der Waals surface area (Å²) in [6, 6.07) is 9.28. The van der Waals surface area contributed by atoms with E-state index in [0.717, 1.165) is 16.7 Å². The van der Waals surface area contributed by atoms with E-state index < -0.39 is 0 Å². The topological polar surface area (TPSA) is 71.3 Å². The Hall–Kier alpha value is -2.41. The molecule has 21 heavy (non-hydrogen) atoms. The Bertz CT molecular complexity index is 720. The van der Waals surface area contributed by atoms with Gasteiger partial charge in [0.05, 0.1) is 6.04 Å². The van der Waals surface area contributed by atoms with Crippen LogP contribution in [0, 0.1) is 0 Å². The summed E-state index contributed by atoms with van der Waals surface area (Å²) in [5.41, 5.74) is 2.38. The van der Waals surface area contributed by atoms with E-state index in [1.54, 1.807) is 17.5 Å². The molecule has 6 nitrogen and oxygen atoms in total. The molecule has 0 aliphatic carbocycles. The molecular weight excluding hydrogens is 288 g/mol. The Balaban J connectivity index is 1.77. The van der Waals surface area contributed by atoms with E-state index in [-0.39, 0.29) is 12.1 Å². The van der Waals surface area contributed by atoms with Crippen molar-refractivity contribution in [2.75, 3.05) is 12.4 Å². The minimum Gasteiger partial charge on any atom is -0.459 e. The van der Waals surface area contributed by atoms with Crippen LogP contribution in [0.2, 0.25) is 0 Å².